The number of hydrogen-bond acceptors (Lipinski definition) is 6. The highest BCUT2D eigenvalue weighted by Gasteiger charge is 2.35. The molecule has 266 valence electrons. The Bertz CT molecular complexity index is 2330. The van der Waals surface area contributed by atoms with Crippen molar-refractivity contribution >= 4 is 23.2 Å². The Hall–Kier alpha value is -5.64. The minimum atomic E-state index is -0.601. The Labute approximate surface area is 303 Å². The molecule has 3 aromatic heterocycles. The van der Waals surface area contributed by atoms with Gasteiger partial charge in [0.1, 0.15) is 17.0 Å². The molecule has 4 heterocycles. The Kier molecular flexibility index (Phi) is 8.08. The van der Waals surface area contributed by atoms with Gasteiger partial charge in [0, 0.05) is 12.7 Å². The first-order valence-electron chi connectivity index (χ1n) is 18.0. The lowest BCUT2D eigenvalue weighted by Gasteiger charge is -2.27. The van der Waals surface area contributed by atoms with E-state index >= 15 is 0 Å². The van der Waals surface area contributed by atoms with E-state index < -0.39 is 17.3 Å². The molecule has 1 fully saturated rings. The summed E-state index contributed by atoms with van der Waals surface area (Å²) in [5.74, 6) is 1.41. The normalized spacial score (nSPS) is 15.8. The SMILES string of the molecule is CC(C)(C)OC(=O)N1CCCC1c1ncc(-c2ccc3c(c2)CCc2cc(-c4ccc5nc(-c6cccn6C(=O)OC(C)(C)C)[nH]c5c4)ccc2-3)[nH]1. The number of imidazole rings is 2. The van der Waals surface area contributed by atoms with Gasteiger partial charge in [-0.1, -0.05) is 36.4 Å². The van der Waals surface area contributed by atoms with Crippen molar-refractivity contribution in [2.75, 3.05) is 6.54 Å². The zero-order chi connectivity index (χ0) is 36.4. The molecule has 10 heteroatoms. The van der Waals surface area contributed by atoms with Gasteiger partial charge in [-0.2, -0.15) is 0 Å². The van der Waals surface area contributed by atoms with Gasteiger partial charge in [0.25, 0.3) is 0 Å². The maximum absolute atomic E-state index is 12.9. The first-order chi connectivity index (χ1) is 24.8. The molecule has 1 amide bonds. The van der Waals surface area contributed by atoms with Crippen LogP contribution in [0.25, 0.3) is 56.1 Å². The van der Waals surface area contributed by atoms with Crippen LogP contribution >= 0.6 is 0 Å². The Balaban J connectivity index is 1.01. The van der Waals surface area contributed by atoms with Crippen molar-refractivity contribution < 1.29 is 19.1 Å². The highest BCUT2D eigenvalue weighted by atomic mass is 16.6. The van der Waals surface area contributed by atoms with Gasteiger partial charge in [-0.15, -0.1) is 0 Å². The Morgan fingerprint density at radius 3 is 2.17 bits per heavy atom. The van der Waals surface area contributed by atoms with Crippen molar-refractivity contribution in [2.24, 2.45) is 0 Å². The highest BCUT2D eigenvalue weighted by Crippen LogP contribution is 2.39. The smallest absolute Gasteiger partial charge is 0.419 e. The lowest BCUT2D eigenvalue weighted by atomic mass is 9.83. The molecule has 2 aliphatic rings. The first kappa shape index (κ1) is 33.5. The number of hydrogen-bond donors (Lipinski definition) is 2. The lowest BCUT2D eigenvalue weighted by Crippen LogP contribution is -2.36. The van der Waals surface area contributed by atoms with E-state index in [0.29, 0.717) is 18.1 Å². The fraction of sp³-hybridized carbons (Fsp3) is 0.333. The second-order valence-electron chi connectivity index (χ2n) is 15.8. The number of nitrogens with zero attached hydrogens (tertiary/aromatic N) is 4. The lowest BCUT2D eigenvalue weighted by molar-refractivity contribution is 0.0218. The Morgan fingerprint density at radius 1 is 0.788 bits per heavy atom. The van der Waals surface area contributed by atoms with Gasteiger partial charge in [0.15, 0.2) is 5.82 Å². The van der Waals surface area contributed by atoms with Crippen LogP contribution in [0.15, 0.2) is 79.1 Å². The second-order valence-corrected chi connectivity index (χ2v) is 15.8. The number of aromatic nitrogens is 5. The number of aromatic amines is 2. The van der Waals surface area contributed by atoms with E-state index in [2.05, 4.69) is 58.5 Å². The van der Waals surface area contributed by atoms with Gasteiger partial charge in [-0.3, -0.25) is 4.90 Å². The summed E-state index contributed by atoms with van der Waals surface area (Å²) in [7, 11) is 0. The zero-order valence-electron chi connectivity index (χ0n) is 30.5. The number of rotatable bonds is 4. The van der Waals surface area contributed by atoms with Crippen molar-refractivity contribution in [1.29, 1.82) is 0 Å². The minimum Gasteiger partial charge on any atom is -0.444 e. The second kappa shape index (κ2) is 12.5. The zero-order valence-corrected chi connectivity index (χ0v) is 30.5. The number of carbonyl (C=O) groups excluding carboxylic acids is 2. The Morgan fingerprint density at radius 2 is 1.44 bits per heavy atom. The number of aryl methyl sites for hydroxylation is 2. The quantitative estimate of drug-likeness (QED) is 0.190. The van der Waals surface area contributed by atoms with Crippen LogP contribution < -0.4 is 0 Å². The topological polar surface area (TPSA) is 118 Å². The van der Waals surface area contributed by atoms with Gasteiger partial charge >= 0.3 is 12.2 Å². The molecule has 6 aromatic rings. The van der Waals surface area contributed by atoms with Gasteiger partial charge in [-0.25, -0.2) is 24.1 Å². The molecule has 1 saturated heterocycles. The summed E-state index contributed by atoms with van der Waals surface area (Å²) in [6.45, 7) is 11.9. The van der Waals surface area contributed by atoms with E-state index in [1.54, 1.807) is 11.1 Å². The third kappa shape index (κ3) is 6.49. The molecule has 0 spiro atoms. The molecular weight excluding hydrogens is 652 g/mol. The van der Waals surface area contributed by atoms with E-state index in [4.69, 9.17) is 19.4 Å². The third-order valence-corrected chi connectivity index (χ3v) is 9.66. The van der Waals surface area contributed by atoms with E-state index in [1.807, 2.05) is 65.9 Å². The van der Waals surface area contributed by atoms with Crippen LogP contribution in [0.4, 0.5) is 9.59 Å². The van der Waals surface area contributed by atoms with Crippen molar-refractivity contribution in [3.8, 4) is 45.0 Å². The van der Waals surface area contributed by atoms with Crippen molar-refractivity contribution in [2.45, 2.75) is 84.5 Å². The summed E-state index contributed by atoms with van der Waals surface area (Å²) in [6.07, 6.45) is 6.51. The van der Waals surface area contributed by atoms with Gasteiger partial charge in [-0.05, 0) is 137 Å². The summed E-state index contributed by atoms with van der Waals surface area (Å²) < 4.78 is 12.7. The van der Waals surface area contributed by atoms with E-state index in [0.717, 1.165) is 64.9 Å². The molecule has 0 bridgehead atoms. The van der Waals surface area contributed by atoms with Gasteiger partial charge < -0.3 is 19.4 Å². The highest BCUT2D eigenvalue weighted by molar-refractivity contribution is 5.87. The molecule has 0 saturated carbocycles. The van der Waals surface area contributed by atoms with Crippen LogP contribution in [0, 0.1) is 0 Å². The van der Waals surface area contributed by atoms with E-state index in [1.165, 1.54) is 26.8 Å². The first-order valence-corrected chi connectivity index (χ1v) is 18.0. The summed E-state index contributed by atoms with van der Waals surface area (Å²) in [4.78, 5) is 44.0. The van der Waals surface area contributed by atoms with E-state index in [9.17, 15) is 9.59 Å². The fourth-order valence-electron chi connectivity index (χ4n) is 7.34. The molecule has 2 N–H and O–H groups in total. The number of benzene rings is 3. The van der Waals surface area contributed by atoms with Crippen molar-refractivity contribution in [3.63, 3.8) is 0 Å². The van der Waals surface area contributed by atoms with Gasteiger partial charge in [0.05, 0.1) is 34.7 Å². The molecule has 0 radical (unpaired) electrons. The standard InChI is InChI=1S/C42H44N6O4/c1-41(2,3)51-39(49)47-19-7-9-35(47)37-43-24-34(46-37)29-14-17-31-28(22-29)12-11-27-21-25(13-16-30(27)31)26-15-18-32-33(23-26)45-38(44-32)36-10-8-20-48(36)40(50)52-42(4,5)6/h8,10,13-18,20-24,35H,7,9,11-12,19H2,1-6H3,(H,43,46)(H,44,45). The number of likely N-dealkylation sites (tertiary alicyclic amines) is 1. The van der Waals surface area contributed by atoms with Crippen LogP contribution in [0.2, 0.25) is 0 Å². The summed E-state index contributed by atoms with van der Waals surface area (Å²) >= 11 is 0. The minimum absolute atomic E-state index is 0.116. The molecule has 10 nitrogen and oxygen atoms in total. The van der Waals surface area contributed by atoms with Crippen LogP contribution in [-0.2, 0) is 22.3 Å². The predicted molar refractivity (Wildman–Crippen MR) is 202 cm³/mol. The summed E-state index contributed by atoms with van der Waals surface area (Å²) in [6, 6.07) is 23.2. The summed E-state index contributed by atoms with van der Waals surface area (Å²) in [5.41, 5.74) is 10.7. The molecule has 1 unspecified atom stereocenters. The number of nitrogens with one attached hydrogen (secondary N) is 2. The number of ether oxygens (including phenoxy) is 2. The molecule has 52 heavy (non-hydrogen) atoms. The molecule has 3 aromatic carbocycles. The maximum atomic E-state index is 12.9. The van der Waals surface area contributed by atoms with Gasteiger partial charge in [0.2, 0.25) is 0 Å². The number of amides is 1. The average molecular weight is 697 g/mol. The monoisotopic (exact) mass is 696 g/mol. The number of H-pyrrole nitrogens is 2. The van der Waals surface area contributed by atoms with Crippen LogP contribution in [0.3, 0.4) is 0 Å². The molecule has 1 aliphatic carbocycles. The third-order valence-electron chi connectivity index (χ3n) is 9.66. The molecule has 1 aliphatic heterocycles. The molecule has 1 atom stereocenters. The van der Waals surface area contributed by atoms with Crippen molar-refractivity contribution in [1.82, 2.24) is 29.4 Å². The van der Waals surface area contributed by atoms with E-state index in [-0.39, 0.29) is 12.1 Å². The number of carbonyl (C=O) groups is 2. The van der Waals surface area contributed by atoms with Crippen molar-refractivity contribution in [3.05, 3.63) is 96.1 Å². The summed E-state index contributed by atoms with van der Waals surface area (Å²) in [5, 5.41) is 0. The van der Waals surface area contributed by atoms with Crippen LogP contribution in [-0.4, -0.2) is 59.3 Å². The molecular formula is C42H44N6O4. The molecule has 8 rings (SSSR count). The number of fused-ring (bicyclic) bond motifs is 4. The maximum Gasteiger partial charge on any atom is 0.419 e. The predicted octanol–water partition coefficient (Wildman–Crippen LogP) is 9.71. The van der Waals surface area contributed by atoms with Crippen LogP contribution in [0.5, 0.6) is 0 Å². The largest absolute Gasteiger partial charge is 0.444 e. The fourth-order valence-corrected chi connectivity index (χ4v) is 7.34. The average Bonchev–Trinajstić information content (AvgIpc) is 3.91. The van der Waals surface area contributed by atoms with Crippen LogP contribution in [0.1, 0.15) is 77.4 Å².